The first kappa shape index (κ1) is 16.4. The van der Waals surface area contributed by atoms with E-state index in [-0.39, 0.29) is 24.8 Å². The molecule has 2 aromatic rings. The van der Waals surface area contributed by atoms with Gasteiger partial charge in [0.25, 0.3) is 5.56 Å². The van der Waals surface area contributed by atoms with Crippen LogP contribution in [-0.4, -0.2) is 46.3 Å². The summed E-state index contributed by atoms with van der Waals surface area (Å²) in [6, 6.07) is 6.79. The second-order valence-corrected chi connectivity index (χ2v) is 5.97. The van der Waals surface area contributed by atoms with E-state index in [0.717, 1.165) is 0 Å². The number of carbonyl (C=O) groups is 1. The summed E-state index contributed by atoms with van der Waals surface area (Å²) in [5, 5.41) is 15.9. The Morgan fingerprint density at radius 3 is 2.83 bits per heavy atom. The molecule has 2 unspecified atom stereocenters. The number of nitrogens with zero attached hydrogens (tertiary/aromatic N) is 1. The van der Waals surface area contributed by atoms with E-state index in [0.29, 0.717) is 30.5 Å². The maximum absolute atomic E-state index is 12.0. The first-order valence-electron chi connectivity index (χ1n) is 7.93. The molecule has 0 spiro atoms. The lowest BCUT2D eigenvalue weighted by Gasteiger charge is -2.14. The number of benzene rings is 1. The molecule has 128 valence electrons. The number of fused-ring (bicyclic) bond motifs is 1. The number of aromatic amines is 1. The van der Waals surface area contributed by atoms with E-state index in [9.17, 15) is 19.5 Å². The Morgan fingerprint density at radius 1 is 1.29 bits per heavy atom. The predicted molar refractivity (Wildman–Crippen MR) is 88.8 cm³/mol. The predicted octanol–water partition coefficient (Wildman–Crippen LogP) is -1.22. The van der Waals surface area contributed by atoms with Crippen molar-refractivity contribution in [3.05, 3.63) is 45.1 Å². The number of rotatable bonds is 5. The second-order valence-electron chi connectivity index (χ2n) is 5.97. The molecular formula is C16H20N4O4. The molecule has 2 atom stereocenters. The first-order valence-corrected chi connectivity index (χ1v) is 7.93. The normalized spacial score (nSPS) is 20.4. The molecule has 0 aliphatic carbocycles. The summed E-state index contributed by atoms with van der Waals surface area (Å²) < 4.78 is 1.39. The van der Waals surface area contributed by atoms with Crippen molar-refractivity contribution in [3.63, 3.8) is 0 Å². The Kier molecular flexibility index (Phi) is 4.77. The van der Waals surface area contributed by atoms with Crippen LogP contribution in [-0.2, 0) is 11.3 Å². The molecule has 1 amide bonds. The molecule has 1 aromatic carbocycles. The highest BCUT2D eigenvalue weighted by atomic mass is 16.3. The van der Waals surface area contributed by atoms with Crippen LogP contribution in [0.5, 0.6) is 0 Å². The van der Waals surface area contributed by atoms with Crippen LogP contribution >= 0.6 is 0 Å². The van der Waals surface area contributed by atoms with Crippen LogP contribution in [0, 0.1) is 5.92 Å². The van der Waals surface area contributed by atoms with Crippen molar-refractivity contribution in [1.29, 1.82) is 0 Å². The second kappa shape index (κ2) is 6.98. The number of hydrogen-bond donors (Lipinski definition) is 4. The Labute approximate surface area is 137 Å². The van der Waals surface area contributed by atoms with Gasteiger partial charge in [-0.2, -0.15) is 0 Å². The van der Waals surface area contributed by atoms with Gasteiger partial charge in [0.15, 0.2) is 0 Å². The number of hydrogen-bond acceptors (Lipinski definition) is 5. The van der Waals surface area contributed by atoms with Crippen LogP contribution in [0.1, 0.15) is 6.42 Å². The van der Waals surface area contributed by atoms with Crippen LogP contribution in [0.25, 0.3) is 10.9 Å². The third-order valence-electron chi connectivity index (χ3n) is 4.33. The molecule has 1 fully saturated rings. The monoisotopic (exact) mass is 332 g/mol. The van der Waals surface area contributed by atoms with E-state index in [2.05, 4.69) is 15.6 Å². The zero-order valence-corrected chi connectivity index (χ0v) is 13.1. The number of aliphatic hydroxyl groups excluding tert-OH is 1. The van der Waals surface area contributed by atoms with Gasteiger partial charge < -0.3 is 15.7 Å². The fourth-order valence-electron chi connectivity index (χ4n) is 2.94. The maximum atomic E-state index is 12.0. The maximum Gasteiger partial charge on any atom is 0.328 e. The van der Waals surface area contributed by atoms with Crippen molar-refractivity contribution in [1.82, 2.24) is 20.2 Å². The quantitative estimate of drug-likeness (QED) is 0.547. The molecule has 1 saturated heterocycles. The van der Waals surface area contributed by atoms with Crippen molar-refractivity contribution in [3.8, 4) is 0 Å². The average Bonchev–Trinajstić information content (AvgIpc) is 2.98. The molecule has 8 heteroatoms. The molecular weight excluding hydrogens is 312 g/mol. The van der Waals surface area contributed by atoms with Crippen molar-refractivity contribution >= 4 is 16.8 Å². The van der Waals surface area contributed by atoms with Crippen LogP contribution < -0.4 is 21.9 Å². The molecule has 0 saturated carbocycles. The van der Waals surface area contributed by atoms with Crippen molar-refractivity contribution in [2.45, 2.75) is 19.1 Å². The van der Waals surface area contributed by atoms with Gasteiger partial charge in [-0.25, -0.2) is 4.79 Å². The van der Waals surface area contributed by atoms with E-state index in [4.69, 9.17) is 0 Å². The Morgan fingerprint density at radius 2 is 2.08 bits per heavy atom. The summed E-state index contributed by atoms with van der Waals surface area (Å²) in [5.74, 6) is -0.193. The molecule has 8 nitrogen and oxygen atoms in total. The van der Waals surface area contributed by atoms with Gasteiger partial charge in [-0.1, -0.05) is 12.1 Å². The zero-order valence-electron chi connectivity index (χ0n) is 13.1. The number of H-pyrrole nitrogens is 1. The van der Waals surface area contributed by atoms with Gasteiger partial charge in [0, 0.05) is 38.5 Å². The van der Waals surface area contributed by atoms with E-state index in [1.807, 2.05) is 0 Å². The molecule has 1 aliphatic heterocycles. The van der Waals surface area contributed by atoms with Gasteiger partial charge in [0.1, 0.15) is 0 Å². The molecule has 0 bridgehead atoms. The lowest BCUT2D eigenvalue weighted by molar-refractivity contribution is -0.121. The third kappa shape index (κ3) is 3.39. The van der Waals surface area contributed by atoms with Crippen LogP contribution in [0.4, 0.5) is 0 Å². The SMILES string of the molecule is O=C(CCn1c(=O)[nH]c(=O)c2ccccc21)NCC1CNCC1O. The number of aromatic nitrogens is 2. The number of aliphatic hydroxyl groups is 1. The number of aryl methyl sites for hydroxylation is 1. The summed E-state index contributed by atoms with van der Waals surface area (Å²) in [4.78, 5) is 38.1. The zero-order chi connectivity index (χ0) is 17.1. The van der Waals surface area contributed by atoms with E-state index in [1.165, 1.54) is 4.57 Å². The van der Waals surface area contributed by atoms with Crippen LogP contribution in [0.15, 0.2) is 33.9 Å². The van der Waals surface area contributed by atoms with Gasteiger partial charge >= 0.3 is 5.69 Å². The lowest BCUT2D eigenvalue weighted by Crippen LogP contribution is -2.36. The molecule has 1 aromatic heterocycles. The van der Waals surface area contributed by atoms with Gasteiger partial charge in [-0.15, -0.1) is 0 Å². The van der Waals surface area contributed by atoms with Gasteiger partial charge in [0.2, 0.25) is 5.91 Å². The molecule has 2 heterocycles. The van der Waals surface area contributed by atoms with Crippen molar-refractivity contribution in [2.75, 3.05) is 19.6 Å². The standard InChI is InChI=1S/C16H20N4O4/c21-13-9-17-7-10(13)8-18-14(22)5-6-20-12-4-2-1-3-11(12)15(23)19-16(20)24/h1-4,10,13,17,21H,5-9H2,(H,18,22)(H,19,23,24). The summed E-state index contributed by atoms with van der Waals surface area (Å²) >= 11 is 0. The topological polar surface area (TPSA) is 116 Å². The molecule has 1 aliphatic rings. The number of amides is 1. The highest BCUT2D eigenvalue weighted by Crippen LogP contribution is 2.08. The number of para-hydroxylation sites is 1. The lowest BCUT2D eigenvalue weighted by atomic mass is 10.1. The Balaban J connectivity index is 1.66. The van der Waals surface area contributed by atoms with E-state index in [1.54, 1.807) is 24.3 Å². The fraction of sp³-hybridized carbons (Fsp3) is 0.438. The van der Waals surface area contributed by atoms with Crippen LogP contribution in [0.2, 0.25) is 0 Å². The minimum absolute atomic E-state index is 0.00517. The number of β-amino-alcohol motifs (C(OH)–C–C–N with tert-alkyl or cyclic N) is 1. The molecule has 0 radical (unpaired) electrons. The minimum atomic E-state index is -0.526. The Hall–Kier alpha value is -2.45. The smallest absolute Gasteiger partial charge is 0.328 e. The molecule has 3 rings (SSSR count). The van der Waals surface area contributed by atoms with Crippen molar-refractivity contribution < 1.29 is 9.90 Å². The van der Waals surface area contributed by atoms with Gasteiger partial charge in [-0.3, -0.25) is 19.1 Å². The highest BCUT2D eigenvalue weighted by Gasteiger charge is 2.24. The molecule has 4 N–H and O–H groups in total. The average molecular weight is 332 g/mol. The highest BCUT2D eigenvalue weighted by molar-refractivity contribution is 5.78. The number of carbonyl (C=O) groups excluding carboxylic acids is 1. The summed E-state index contributed by atoms with van der Waals surface area (Å²) in [5.41, 5.74) is -0.449. The molecule has 24 heavy (non-hydrogen) atoms. The van der Waals surface area contributed by atoms with Crippen LogP contribution in [0.3, 0.4) is 0 Å². The Bertz CT molecular complexity index is 857. The third-order valence-corrected chi connectivity index (χ3v) is 4.33. The van der Waals surface area contributed by atoms with Gasteiger partial charge in [0.05, 0.1) is 17.0 Å². The number of nitrogens with one attached hydrogen (secondary N) is 3. The summed E-state index contributed by atoms with van der Waals surface area (Å²) in [7, 11) is 0. The van der Waals surface area contributed by atoms with E-state index >= 15 is 0 Å². The summed E-state index contributed by atoms with van der Waals surface area (Å²) in [6.45, 7) is 1.78. The van der Waals surface area contributed by atoms with Gasteiger partial charge in [-0.05, 0) is 12.1 Å². The fourth-order valence-corrected chi connectivity index (χ4v) is 2.94. The minimum Gasteiger partial charge on any atom is -0.391 e. The first-order chi connectivity index (χ1) is 11.6. The van der Waals surface area contributed by atoms with Crippen molar-refractivity contribution in [2.24, 2.45) is 5.92 Å². The largest absolute Gasteiger partial charge is 0.391 e. The summed E-state index contributed by atoms with van der Waals surface area (Å²) in [6.07, 6.45) is -0.331. The van der Waals surface area contributed by atoms with E-state index < -0.39 is 17.4 Å².